The SMILES string of the molecule is CCOc1ccccc1C(NC)C(C)(CC)OCC. The van der Waals surface area contributed by atoms with E-state index >= 15 is 0 Å². The molecule has 0 aliphatic rings. The van der Waals surface area contributed by atoms with Gasteiger partial charge < -0.3 is 14.8 Å². The molecule has 0 heterocycles. The number of hydrogen-bond acceptors (Lipinski definition) is 3. The van der Waals surface area contributed by atoms with E-state index in [9.17, 15) is 0 Å². The second kappa shape index (κ2) is 7.51. The molecule has 0 aliphatic heterocycles. The van der Waals surface area contributed by atoms with Crippen LogP contribution in [-0.4, -0.2) is 25.9 Å². The third-order valence-electron chi connectivity index (χ3n) is 3.61. The largest absolute Gasteiger partial charge is 0.494 e. The second-order valence-corrected chi connectivity index (χ2v) is 4.79. The van der Waals surface area contributed by atoms with E-state index in [1.807, 2.05) is 39.1 Å². The summed E-state index contributed by atoms with van der Waals surface area (Å²) in [5.74, 6) is 0.934. The number of likely N-dealkylation sites (N-methyl/N-ethyl adjacent to an activating group) is 1. The lowest BCUT2D eigenvalue weighted by Gasteiger charge is -2.37. The molecule has 19 heavy (non-hydrogen) atoms. The van der Waals surface area contributed by atoms with Crippen LogP contribution in [0, 0.1) is 0 Å². The van der Waals surface area contributed by atoms with Gasteiger partial charge in [-0.1, -0.05) is 25.1 Å². The monoisotopic (exact) mass is 265 g/mol. The molecule has 0 aliphatic carbocycles. The predicted molar refractivity (Wildman–Crippen MR) is 79.7 cm³/mol. The first-order valence-electron chi connectivity index (χ1n) is 7.15. The number of ether oxygens (including phenoxy) is 2. The first-order valence-corrected chi connectivity index (χ1v) is 7.15. The molecule has 1 aromatic rings. The Morgan fingerprint density at radius 3 is 2.37 bits per heavy atom. The molecule has 2 unspecified atom stereocenters. The van der Waals surface area contributed by atoms with Crippen molar-refractivity contribution in [1.82, 2.24) is 5.32 Å². The van der Waals surface area contributed by atoms with Gasteiger partial charge in [0.15, 0.2) is 0 Å². The van der Waals surface area contributed by atoms with Gasteiger partial charge in [-0.2, -0.15) is 0 Å². The minimum atomic E-state index is -0.239. The van der Waals surface area contributed by atoms with Crippen LogP contribution in [0.25, 0.3) is 0 Å². The van der Waals surface area contributed by atoms with Gasteiger partial charge in [0.25, 0.3) is 0 Å². The zero-order chi connectivity index (χ0) is 14.3. The summed E-state index contributed by atoms with van der Waals surface area (Å²) in [6.07, 6.45) is 0.937. The average Bonchev–Trinajstić information content (AvgIpc) is 2.42. The summed E-state index contributed by atoms with van der Waals surface area (Å²) in [6, 6.07) is 8.29. The first kappa shape index (κ1) is 16.0. The average molecular weight is 265 g/mol. The fraction of sp³-hybridized carbons (Fsp3) is 0.625. The van der Waals surface area contributed by atoms with Crippen molar-refractivity contribution in [3.05, 3.63) is 29.8 Å². The summed E-state index contributed by atoms with van der Waals surface area (Å²) in [5.41, 5.74) is 0.918. The van der Waals surface area contributed by atoms with E-state index < -0.39 is 0 Å². The van der Waals surface area contributed by atoms with Crippen molar-refractivity contribution < 1.29 is 9.47 Å². The Kier molecular flexibility index (Phi) is 6.32. The Bertz CT molecular complexity index is 381. The fourth-order valence-corrected chi connectivity index (χ4v) is 2.51. The van der Waals surface area contributed by atoms with Gasteiger partial charge in [-0.15, -0.1) is 0 Å². The zero-order valence-corrected chi connectivity index (χ0v) is 12.8. The standard InChI is InChI=1S/C16H27NO2/c1-6-16(4,19-8-3)15(17-5)13-11-9-10-12-14(13)18-7-2/h9-12,15,17H,6-8H2,1-5H3. The Hall–Kier alpha value is -1.06. The molecule has 0 saturated heterocycles. The van der Waals surface area contributed by atoms with Crippen LogP contribution in [0.1, 0.15) is 45.7 Å². The number of hydrogen-bond donors (Lipinski definition) is 1. The van der Waals surface area contributed by atoms with Gasteiger partial charge in [0.05, 0.1) is 18.2 Å². The van der Waals surface area contributed by atoms with Crippen LogP contribution in [0.4, 0.5) is 0 Å². The first-order chi connectivity index (χ1) is 9.12. The molecule has 0 spiro atoms. The Labute approximate surface area is 117 Å². The number of para-hydroxylation sites is 1. The lowest BCUT2D eigenvalue weighted by Crippen LogP contribution is -2.42. The van der Waals surface area contributed by atoms with Gasteiger partial charge in [-0.3, -0.25) is 0 Å². The maximum absolute atomic E-state index is 6.00. The molecular formula is C16H27NO2. The van der Waals surface area contributed by atoms with Crippen LogP contribution in [0.5, 0.6) is 5.75 Å². The highest BCUT2D eigenvalue weighted by Crippen LogP contribution is 2.36. The molecule has 2 atom stereocenters. The molecule has 0 saturated carbocycles. The van der Waals surface area contributed by atoms with Crippen LogP contribution >= 0.6 is 0 Å². The minimum Gasteiger partial charge on any atom is -0.494 e. The number of nitrogens with one attached hydrogen (secondary N) is 1. The summed E-state index contributed by atoms with van der Waals surface area (Å²) in [4.78, 5) is 0. The zero-order valence-electron chi connectivity index (χ0n) is 12.8. The van der Waals surface area contributed by atoms with Crippen molar-refractivity contribution in [2.75, 3.05) is 20.3 Å². The van der Waals surface area contributed by atoms with Gasteiger partial charge in [-0.25, -0.2) is 0 Å². The molecule has 0 bridgehead atoms. The molecule has 0 aromatic heterocycles. The quantitative estimate of drug-likeness (QED) is 0.779. The fourth-order valence-electron chi connectivity index (χ4n) is 2.51. The Morgan fingerprint density at radius 1 is 1.16 bits per heavy atom. The van der Waals surface area contributed by atoms with Gasteiger partial charge in [-0.05, 0) is 40.3 Å². The van der Waals surface area contributed by atoms with E-state index in [0.29, 0.717) is 13.2 Å². The van der Waals surface area contributed by atoms with E-state index in [0.717, 1.165) is 17.7 Å². The second-order valence-electron chi connectivity index (χ2n) is 4.79. The molecule has 0 fully saturated rings. The molecule has 108 valence electrons. The summed E-state index contributed by atoms with van der Waals surface area (Å²) >= 11 is 0. The van der Waals surface area contributed by atoms with Crippen LogP contribution in [0.2, 0.25) is 0 Å². The van der Waals surface area contributed by atoms with Crippen molar-refractivity contribution in [2.45, 2.75) is 45.8 Å². The van der Waals surface area contributed by atoms with Gasteiger partial charge in [0.1, 0.15) is 5.75 Å². The third-order valence-corrected chi connectivity index (χ3v) is 3.61. The van der Waals surface area contributed by atoms with Crippen molar-refractivity contribution in [1.29, 1.82) is 0 Å². The summed E-state index contributed by atoms with van der Waals surface area (Å²) in [7, 11) is 1.97. The number of benzene rings is 1. The summed E-state index contributed by atoms with van der Waals surface area (Å²) in [6.45, 7) is 9.73. The highest BCUT2D eigenvalue weighted by atomic mass is 16.5. The minimum absolute atomic E-state index is 0.111. The number of rotatable bonds is 8. The molecule has 1 N–H and O–H groups in total. The van der Waals surface area contributed by atoms with E-state index in [4.69, 9.17) is 9.47 Å². The van der Waals surface area contributed by atoms with Crippen molar-refractivity contribution in [3.8, 4) is 5.75 Å². The molecular weight excluding hydrogens is 238 g/mol. The van der Waals surface area contributed by atoms with Gasteiger partial charge in [0.2, 0.25) is 0 Å². The van der Waals surface area contributed by atoms with E-state index in [-0.39, 0.29) is 11.6 Å². The third kappa shape index (κ3) is 3.71. The van der Waals surface area contributed by atoms with E-state index in [1.54, 1.807) is 0 Å². The van der Waals surface area contributed by atoms with Gasteiger partial charge in [0, 0.05) is 12.2 Å². The normalized spacial score (nSPS) is 15.8. The van der Waals surface area contributed by atoms with E-state index in [2.05, 4.69) is 25.2 Å². The van der Waals surface area contributed by atoms with Crippen LogP contribution in [-0.2, 0) is 4.74 Å². The highest BCUT2D eigenvalue weighted by molar-refractivity contribution is 5.37. The molecule has 1 rings (SSSR count). The molecule has 1 aromatic carbocycles. The lowest BCUT2D eigenvalue weighted by molar-refractivity contribution is -0.0551. The van der Waals surface area contributed by atoms with Crippen LogP contribution in [0.15, 0.2) is 24.3 Å². The van der Waals surface area contributed by atoms with Crippen molar-refractivity contribution >= 4 is 0 Å². The Morgan fingerprint density at radius 2 is 1.84 bits per heavy atom. The topological polar surface area (TPSA) is 30.5 Å². The van der Waals surface area contributed by atoms with Crippen molar-refractivity contribution in [3.63, 3.8) is 0 Å². The van der Waals surface area contributed by atoms with E-state index in [1.165, 1.54) is 0 Å². The molecule has 0 amide bonds. The maximum atomic E-state index is 6.00. The maximum Gasteiger partial charge on any atom is 0.124 e. The summed E-state index contributed by atoms with van der Waals surface area (Å²) in [5, 5.41) is 3.39. The van der Waals surface area contributed by atoms with Gasteiger partial charge >= 0.3 is 0 Å². The summed E-state index contributed by atoms with van der Waals surface area (Å²) < 4.78 is 11.7. The van der Waals surface area contributed by atoms with Crippen molar-refractivity contribution in [2.24, 2.45) is 0 Å². The van der Waals surface area contributed by atoms with Crippen LogP contribution in [0.3, 0.4) is 0 Å². The predicted octanol–water partition coefficient (Wildman–Crippen LogP) is 3.55. The molecule has 3 heteroatoms. The Balaban J connectivity index is 3.14. The lowest BCUT2D eigenvalue weighted by atomic mass is 9.87. The van der Waals surface area contributed by atoms with Crippen LogP contribution < -0.4 is 10.1 Å². The molecule has 3 nitrogen and oxygen atoms in total. The smallest absolute Gasteiger partial charge is 0.124 e. The molecule has 0 radical (unpaired) electrons. The highest BCUT2D eigenvalue weighted by Gasteiger charge is 2.35.